The van der Waals surface area contributed by atoms with Crippen LogP contribution in [0.3, 0.4) is 0 Å². The van der Waals surface area contributed by atoms with Crippen LogP contribution in [0.15, 0.2) is 29.0 Å². The van der Waals surface area contributed by atoms with Gasteiger partial charge in [0.1, 0.15) is 17.9 Å². The molecular weight excluding hydrogens is 208 g/mol. The molecule has 0 amide bonds. The van der Waals surface area contributed by atoms with E-state index in [0.717, 1.165) is 5.39 Å². The van der Waals surface area contributed by atoms with Crippen molar-refractivity contribution in [1.29, 1.82) is 0 Å². The van der Waals surface area contributed by atoms with E-state index in [0.29, 0.717) is 17.9 Å². The van der Waals surface area contributed by atoms with E-state index in [2.05, 4.69) is 4.98 Å². The van der Waals surface area contributed by atoms with Crippen LogP contribution in [0.25, 0.3) is 11.0 Å². The summed E-state index contributed by atoms with van der Waals surface area (Å²) in [6.07, 6.45) is 3.19. The van der Waals surface area contributed by atoms with E-state index in [4.69, 9.17) is 9.52 Å². The van der Waals surface area contributed by atoms with Gasteiger partial charge in [0.25, 0.3) is 0 Å². The summed E-state index contributed by atoms with van der Waals surface area (Å²) in [6, 6.07) is 3.55. The second-order valence-electron chi connectivity index (χ2n) is 3.37. The Bertz CT molecular complexity index is 507. The zero-order valence-corrected chi connectivity index (χ0v) is 8.88. The SMILES string of the molecule is CCN(CC(=O)O)c1nccc2occc12. The highest BCUT2D eigenvalue weighted by atomic mass is 16.4. The number of rotatable bonds is 4. The molecule has 5 nitrogen and oxygen atoms in total. The number of furan rings is 1. The monoisotopic (exact) mass is 220 g/mol. The third kappa shape index (κ3) is 1.84. The number of carbonyl (C=O) groups is 1. The Morgan fingerprint density at radius 3 is 3.06 bits per heavy atom. The molecule has 0 aliphatic rings. The topological polar surface area (TPSA) is 66.6 Å². The molecule has 0 unspecified atom stereocenters. The summed E-state index contributed by atoms with van der Waals surface area (Å²) in [7, 11) is 0. The molecule has 84 valence electrons. The van der Waals surface area contributed by atoms with Crippen molar-refractivity contribution >= 4 is 22.8 Å². The standard InChI is InChI=1S/C11H12N2O3/c1-2-13(7-10(14)15)11-8-4-6-16-9(8)3-5-12-11/h3-6H,2,7H2,1H3,(H,14,15). The van der Waals surface area contributed by atoms with Crippen LogP contribution in [0, 0.1) is 0 Å². The largest absolute Gasteiger partial charge is 0.480 e. The first-order valence-electron chi connectivity index (χ1n) is 5.01. The van der Waals surface area contributed by atoms with Gasteiger partial charge in [0.15, 0.2) is 0 Å². The summed E-state index contributed by atoms with van der Waals surface area (Å²) in [5.74, 6) is -0.222. The molecular formula is C11H12N2O3. The number of nitrogens with zero attached hydrogens (tertiary/aromatic N) is 2. The Morgan fingerprint density at radius 1 is 1.56 bits per heavy atom. The van der Waals surface area contributed by atoms with Gasteiger partial charge >= 0.3 is 5.97 Å². The number of aromatic nitrogens is 1. The number of hydrogen-bond donors (Lipinski definition) is 1. The number of hydrogen-bond acceptors (Lipinski definition) is 4. The van der Waals surface area contributed by atoms with Gasteiger partial charge in [0.2, 0.25) is 0 Å². The predicted molar refractivity (Wildman–Crippen MR) is 59.5 cm³/mol. The van der Waals surface area contributed by atoms with Crippen LogP contribution in [0.4, 0.5) is 5.82 Å². The first-order valence-corrected chi connectivity index (χ1v) is 5.01. The van der Waals surface area contributed by atoms with Crippen molar-refractivity contribution < 1.29 is 14.3 Å². The maximum atomic E-state index is 10.7. The van der Waals surface area contributed by atoms with Crippen LogP contribution in [-0.2, 0) is 4.79 Å². The second-order valence-corrected chi connectivity index (χ2v) is 3.37. The average Bonchev–Trinajstić information content (AvgIpc) is 2.73. The molecule has 2 aromatic rings. The predicted octanol–water partition coefficient (Wildman–Crippen LogP) is 1.74. The highest BCUT2D eigenvalue weighted by Gasteiger charge is 2.13. The van der Waals surface area contributed by atoms with E-state index < -0.39 is 5.97 Å². The minimum absolute atomic E-state index is 0.0617. The van der Waals surface area contributed by atoms with Crippen molar-refractivity contribution in [2.75, 3.05) is 18.0 Å². The number of pyridine rings is 1. The molecule has 0 radical (unpaired) electrons. The Balaban J connectivity index is 2.43. The lowest BCUT2D eigenvalue weighted by Gasteiger charge is -2.19. The van der Waals surface area contributed by atoms with E-state index in [9.17, 15) is 4.79 Å². The van der Waals surface area contributed by atoms with Crippen LogP contribution >= 0.6 is 0 Å². The molecule has 0 spiro atoms. The van der Waals surface area contributed by atoms with Gasteiger partial charge in [-0.05, 0) is 19.1 Å². The number of likely N-dealkylation sites (N-methyl/N-ethyl adjacent to an activating group) is 1. The highest BCUT2D eigenvalue weighted by Crippen LogP contribution is 2.24. The summed E-state index contributed by atoms with van der Waals surface area (Å²) in [5.41, 5.74) is 0.717. The lowest BCUT2D eigenvalue weighted by atomic mass is 10.3. The molecule has 0 saturated carbocycles. The number of fused-ring (bicyclic) bond motifs is 1. The Labute approximate surface area is 92.3 Å². The molecule has 2 heterocycles. The molecule has 0 fully saturated rings. The smallest absolute Gasteiger partial charge is 0.323 e. The fourth-order valence-corrected chi connectivity index (χ4v) is 1.63. The summed E-state index contributed by atoms with van der Waals surface area (Å²) in [6.45, 7) is 2.42. The van der Waals surface area contributed by atoms with E-state index >= 15 is 0 Å². The molecule has 16 heavy (non-hydrogen) atoms. The molecule has 0 aromatic carbocycles. The number of carboxylic acid groups (broad SMARTS) is 1. The van der Waals surface area contributed by atoms with Gasteiger partial charge in [-0.25, -0.2) is 4.98 Å². The van der Waals surface area contributed by atoms with Crippen molar-refractivity contribution in [2.24, 2.45) is 0 Å². The Kier molecular flexibility index (Phi) is 2.76. The maximum Gasteiger partial charge on any atom is 0.323 e. The summed E-state index contributed by atoms with van der Waals surface area (Å²) >= 11 is 0. The van der Waals surface area contributed by atoms with Crippen LogP contribution in [0.2, 0.25) is 0 Å². The Hall–Kier alpha value is -2.04. The van der Waals surface area contributed by atoms with Gasteiger partial charge in [-0.1, -0.05) is 0 Å². The third-order valence-corrected chi connectivity index (χ3v) is 2.37. The van der Waals surface area contributed by atoms with Gasteiger partial charge in [-0.15, -0.1) is 0 Å². The lowest BCUT2D eigenvalue weighted by molar-refractivity contribution is -0.135. The highest BCUT2D eigenvalue weighted by molar-refractivity contribution is 5.89. The van der Waals surface area contributed by atoms with E-state index in [-0.39, 0.29) is 6.54 Å². The normalized spacial score (nSPS) is 10.6. The average molecular weight is 220 g/mol. The summed E-state index contributed by atoms with van der Waals surface area (Å²) < 4.78 is 5.24. The fourth-order valence-electron chi connectivity index (χ4n) is 1.63. The second kappa shape index (κ2) is 4.22. The molecule has 5 heteroatoms. The van der Waals surface area contributed by atoms with Crippen molar-refractivity contribution in [2.45, 2.75) is 6.92 Å². The molecule has 2 aromatic heterocycles. The van der Waals surface area contributed by atoms with Gasteiger partial charge < -0.3 is 14.4 Å². The first-order chi connectivity index (χ1) is 7.72. The van der Waals surface area contributed by atoms with E-state index in [1.54, 1.807) is 29.5 Å². The molecule has 0 atom stereocenters. The minimum Gasteiger partial charge on any atom is -0.480 e. The molecule has 0 saturated heterocycles. The molecule has 0 bridgehead atoms. The minimum atomic E-state index is -0.871. The summed E-state index contributed by atoms with van der Waals surface area (Å²) in [4.78, 5) is 16.6. The number of anilines is 1. The number of carboxylic acids is 1. The van der Waals surface area contributed by atoms with Crippen molar-refractivity contribution in [3.05, 3.63) is 24.6 Å². The lowest BCUT2D eigenvalue weighted by Crippen LogP contribution is -2.30. The molecule has 1 N–H and O–H groups in total. The fraction of sp³-hybridized carbons (Fsp3) is 0.273. The molecule has 2 rings (SSSR count). The zero-order chi connectivity index (χ0) is 11.5. The summed E-state index contributed by atoms with van der Waals surface area (Å²) in [5, 5.41) is 9.64. The zero-order valence-electron chi connectivity index (χ0n) is 8.88. The van der Waals surface area contributed by atoms with Crippen molar-refractivity contribution in [3.63, 3.8) is 0 Å². The van der Waals surface area contributed by atoms with Crippen LogP contribution < -0.4 is 4.90 Å². The van der Waals surface area contributed by atoms with Gasteiger partial charge in [-0.2, -0.15) is 0 Å². The van der Waals surface area contributed by atoms with Gasteiger partial charge in [-0.3, -0.25) is 4.79 Å². The van der Waals surface area contributed by atoms with Crippen LogP contribution in [0.5, 0.6) is 0 Å². The van der Waals surface area contributed by atoms with Crippen molar-refractivity contribution in [1.82, 2.24) is 4.98 Å². The van der Waals surface area contributed by atoms with Crippen LogP contribution in [0.1, 0.15) is 6.92 Å². The van der Waals surface area contributed by atoms with E-state index in [1.807, 2.05) is 6.92 Å². The first kappa shape index (κ1) is 10.5. The van der Waals surface area contributed by atoms with Gasteiger partial charge in [0, 0.05) is 12.7 Å². The van der Waals surface area contributed by atoms with Crippen LogP contribution in [-0.4, -0.2) is 29.1 Å². The molecule has 0 aliphatic carbocycles. The number of aliphatic carboxylic acids is 1. The van der Waals surface area contributed by atoms with Gasteiger partial charge in [0.05, 0.1) is 11.6 Å². The third-order valence-electron chi connectivity index (χ3n) is 2.37. The van der Waals surface area contributed by atoms with E-state index in [1.165, 1.54) is 0 Å². The Morgan fingerprint density at radius 2 is 2.38 bits per heavy atom. The van der Waals surface area contributed by atoms with Crippen molar-refractivity contribution in [3.8, 4) is 0 Å². The maximum absolute atomic E-state index is 10.7. The molecule has 0 aliphatic heterocycles. The quantitative estimate of drug-likeness (QED) is 0.850.